The molecule has 0 bridgehead atoms. The molecule has 1 aliphatic carbocycles. The van der Waals surface area contributed by atoms with Gasteiger partial charge in [-0.15, -0.1) is 0 Å². The molecule has 0 aromatic rings. The molecule has 3 N–H and O–H groups in total. The smallest absolute Gasteiger partial charge is 0.408 e. The summed E-state index contributed by atoms with van der Waals surface area (Å²) in [5, 5.41) is 14.1. The van der Waals surface area contributed by atoms with E-state index >= 15 is 0 Å². The highest BCUT2D eigenvalue weighted by Crippen LogP contribution is 2.07. The standard InChI is InChI=1S/C18H24N2O5/c1-18(2,3)25-17(24)20-14(16(22)23)11-12-19-15(21)13-9-7-5-4-6-8-10-13/h4-10,14H,11-12H2,1-3H3,(H,19,21)(H,20,24)(H,22,23)/b5-4-,6-4?,7-5?,8-6-,9-7-,10-8?,13-9?,13-10+/t14-/m1/s1. The zero-order valence-electron chi connectivity index (χ0n) is 14.6. The highest BCUT2D eigenvalue weighted by atomic mass is 16.6. The number of nitrogens with one attached hydrogen (secondary N) is 2. The van der Waals surface area contributed by atoms with Crippen LogP contribution in [0, 0.1) is 0 Å². The molecular formula is C18H24N2O5. The average molecular weight is 348 g/mol. The van der Waals surface area contributed by atoms with Crippen molar-refractivity contribution in [2.24, 2.45) is 0 Å². The van der Waals surface area contributed by atoms with Crippen molar-refractivity contribution in [1.29, 1.82) is 0 Å². The number of carboxylic acid groups (broad SMARTS) is 1. The molecule has 25 heavy (non-hydrogen) atoms. The summed E-state index contributed by atoms with van der Waals surface area (Å²) in [4.78, 5) is 35.0. The lowest BCUT2D eigenvalue weighted by molar-refractivity contribution is -0.139. The van der Waals surface area contributed by atoms with Crippen LogP contribution in [-0.4, -0.2) is 41.3 Å². The Hall–Kier alpha value is -2.83. The van der Waals surface area contributed by atoms with Crippen LogP contribution >= 0.6 is 0 Å². The van der Waals surface area contributed by atoms with Crippen molar-refractivity contribution in [3.8, 4) is 0 Å². The Labute approximate surface area is 147 Å². The van der Waals surface area contributed by atoms with Crippen molar-refractivity contribution < 1.29 is 24.2 Å². The lowest BCUT2D eigenvalue weighted by Crippen LogP contribution is -2.45. The number of allylic oxidation sites excluding steroid dienone is 6. The Kier molecular flexibility index (Phi) is 7.65. The van der Waals surface area contributed by atoms with Crippen LogP contribution in [0.2, 0.25) is 0 Å². The molecule has 136 valence electrons. The molecule has 0 aromatic heterocycles. The van der Waals surface area contributed by atoms with Gasteiger partial charge in [0.2, 0.25) is 0 Å². The maximum absolute atomic E-state index is 12.1. The molecule has 0 aliphatic heterocycles. The largest absolute Gasteiger partial charge is 0.480 e. The van der Waals surface area contributed by atoms with Crippen molar-refractivity contribution in [3.05, 3.63) is 48.1 Å². The molecule has 0 fully saturated rings. The summed E-state index contributed by atoms with van der Waals surface area (Å²) in [5.74, 6) is -1.52. The number of carbonyl (C=O) groups excluding carboxylic acids is 2. The van der Waals surface area contributed by atoms with Gasteiger partial charge in [0.05, 0.1) is 0 Å². The average Bonchev–Trinajstić information content (AvgIpc) is 2.43. The van der Waals surface area contributed by atoms with Crippen LogP contribution in [0.3, 0.4) is 0 Å². The zero-order valence-corrected chi connectivity index (χ0v) is 14.6. The summed E-state index contributed by atoms with van der Waals surface area (Å²) in [5.41, 5.74) is -0.270. The summed E-state index contributed by atoms with van der Waals surface area (Å²) < 4.78 is 5.03. The highest BCUT2D eigenvalue weighted by Gasteiger charge is 2.23. The van der Waals surface area contributed by atoms with Crippen LogP contribution in [-0.2, 0) is 14.3 Å². The number of hydrogen-bond donors (Lipinski definition) is 3. The van der Waals surface area contributed by atoms with E-state index in [0.717, 1.165) is 0 Å². The number of rotatable bonds is 6. The van der Waals surface area contributed by atoms with Gasteiger partial charge in [0.1, 0.15) is 11.6 Å². The first-order valence-corrected chi connectivity index (χ1v) is 7.91. The topological polar surface area (TPSA) is 105 Å². The maximum Gasteiger partial charge on any atom is 0.408 e. The van der Waals surface area contributed by atoms with Crippen molar-refractivity contribution in [1.82, 2.24) is 10.6 Å². The fraction of sp³-hybridized carbons (Fsp3) is 0.389. The van der Waals surface area contributed by atoms with Crippen LogP contribution in [0.4, 0.5) is 4.79 Å². The summed E-state index contributed by atoms with van der Waals surface area (Å²) in [6.45, 7) is 5.14. The van der Waals surface area contributed by atoms with Gasteiger partial charge in [0.25, 0.3) is 5.91 Å². The van der Waals surface area contributed by atoms with Crippen LogP contribution in [0.15, 0.2) is 48.1 Å². The molecule has 0 radical (unpaired) electrons. The second kappa shape index (κ2) is 9.46. The Morgan fingerprint density at radius 1 is 1.12 bits per heavy atom. The van der Waals surface area contributed by atoms with Crippen LogP contribution in [0.5, 0.6) is 0 Å². The first kappa shape index (κ1) is 20.2. The minimum absolute atomic E-state index is 0.0348. The Balaban J connectivity index is 2.51. The van der Waals surface area contributed by atoms with Gasteiger partial charge in [-0.3, -0.25) is 4.79 Å². The predicted octanol–water partition coefficient (Wildman–Crippen LogP) is 2.08. The summed E-state index contributed by atoms with van der Waals surface area (Å²) in [7, 11) is 0. The number of amides is 2. The molecule has 2 amide bonds. The van der Waals surface area contributed by atoms with Gasteiger partial charge in [-0.25, -0.2) is 9.59 Å². The van der Waals surface area contributed by atoms with Gasteiger partial charge in [-0.1, -0.05) is 30.4 Å². The fourth-order valence-corrected chi connectivity index (χ4v) is 1.86. The van der Waals surface area contributed by atoms with Crippen LogP contribution in [0.25, 0.3) is 0 Å². The second-order valence-corrected chi connectivity index (χ2v) is 6.33. The molecule has 0 unspecified atom stereocenters. The molecule has 1 atom stereocenters. The molecule has 0 spiro atoms. The summed E-state index contributed by atoms with van der Waals surface area (Å²) in [6.07, 6.45) is 11.4. The van der Waals surface area contributed by atoms with E-state index in [1.807, 2.05) is 6.08 Å². The molecule has 7 nitrogen and oxygen atoms in total. The number of ether oxygens (including phenoxy) is 1. The third-order valence-corrected chi connectivity index (χ3v) is 2.97. The monoisotopic (exact) mass is 348 g/mol. The van der Waals surface area contributed by atoms with Gasteiger partial charge in [-0.05, 0) is 39.3 Å². The summed E-state index contributed by atoms with van der Waals surface area (Å²) >= 11 is 0. The van der Waals surface area contributed by atoms with Crippen molar-refractivity contribution in [2.45, 2.75) is 38.8 Å². The van der Waals surface area contributed by atoms with E-state index < -0.39 is 23.7 Å². The Morgan fingerprint density at radius 2 is 1.76 bits per heavy atom. The Bertz CT molecular complexity index is 624. The number of hydrogen-bond acceptors (Lipinski definition) is 4. The second-order valence-electron chi connectivity index (χ2n) is 6.33. The van der Waals surface area contributed by atoms with E-state index in [1.54, 1.807) is 57.2 Å². The summed E-state index contributed by atoms with van der Waals surface area (Å²) in [6, 6.07) is -1.15. The van der Waals surface area contributed by atoms with Crippen molar-refractivity contribution in [3.63, 3.8) is 0 Å². The number of carboxylic acids is 1. The number of alkyl carbamates (subject to hydrolysis) is 1. The molecule has 0 heterocycles. The third kappa shape index (κ3) is 8.55. The van der Waals surface area contributed by atoms with E-state index in [1.165, 1.54) is 0 Å². The van der Waals surface area contributed by atoms with Crippen LogP contribution in [0.1, 0.15) is 27.2 Å². The minimum Gasteiger partial charge on any atom is -0.480 e. The molecule has 0 saturated carbocycles. The van der Waals surface area contributed by atoms with Gasteiger partial charge in [0.15, 0.2) is 0 Å². The Morgan fingerprint density at radius 3 is 2.40 bits per heavy atom. The van der Waals surface area contributed by atoms with Gasteiger partial charge >= 0.3 is 12.1 Å². The zero-order chi connectivity index (χ0) is 18.9. The van der Waals surface area contributed by atoms with Crippen LogP contribution < -0.4 is 10.6 Å². The number of aliphatic carboxylic acids is 1. The quantitative estimate of drug-likeness (QED) is 0.682. The fourth-order valence-electron chi connectivity index (χ4n) is 1.86. The van der Waals surface area contributed by atoms with Gasteiger partial charge < -0.3 is 20.5 Å². The van der Waals surface area contributed by atoms with E-state index in [9.17, 15) is 19.5 Å². The first-order valence-electron chi connectivity index (χ1n) is 7.91. The van der Waals surface area contributed by atoms with Crippen molar-refractivity contribution in [2.75, 3.05) is 6.54 Å². The third-order valence-electron chi connectivity index (χ3n) is 2.97. The molecule has 1 rings (SSSR count). The molecule has 7 heteroatoms. The SMILES string of the molecule is CC(C)(C)OC(=O)N[C@H](CCNC(=O)C1=C/C=C\C=C/C=C\1)C(=O)O. The predicted molar refractivity (Wildman–Crippen MR) is 93.9 cm³/mol. The first-order chi connectivity index (χ1) is 11.7. The minimum atomic E-state index is -1.20. The van der Waals surface area contributed by atoms with E-state index in [4.69, 9.17) is 4.74 Å². The van der Waals surface area contributed by atoms with Gasteiger partial charge in [-0.2, -0.15) is 0 Å². The lowest BCUT2D eigenvalue weighted by Gasteiger charge is -2.22. The van der Waals surface area contributed by atoms with E-state index in [0.29, 0.717) is 5.57 Å². The van der Waals surface area contributed by atoms with Gasteiger partial charge in [0, 0.05) is 12.1 Å². The lowest BCUT2D eigenvalue weighted by atomic mass is 10.1. The van der Waals surface area contributed by atoms with E-state index in [-0.39, 0.29) is 18.9 Å². The molecular weight excluding hydrogens is 324 g/mol. The molecule has 0 aromatic carbocycles. The normalized spacial score (nSPS) is 20.7. The molecule has 1 aliphatic rings. The molecule has 0 saturated heterocycles. The highest BCUT2D eigenvalue weighted by molar-refractivity contribution is 5.96. The maximum atomic E-state index is 12.1. The van der Waals surface area contributed by atoms with E-state index in [2.05, 4.69) is 10.6 Å². The number of carbonyl (C=O) groups is 3. The van der Waals surface area contributed by atoms with Crippen molar-refractivity contribution >= 4 is 18.0 Å².